The van der Waals surface area contributed by atoms with Crippen LogP contribution in [0.1, 0.15) is 23.1 Å². The van der Waals surface area contributed by atoms with E-state index in [1.807, 2.05) is 54.4 Å². The number of nitrogens with zero attached hydrogens (tertiary/aromatic N) is 5. The van der Waals surface area contributed by atoms with Crippen molar-refractivity contribution < 1.29 is 4.79 Å². The highest BCUT2D eigenvalue weighted by molar-refractivity contribution is 5.95. The second-order valence-electron chi connectivity index (χ2n) is 6.97. The number of aromatic nitrogens is 2. The summed E-state index contributed by atoms with van der Waals surface area (Å²) in [6.07, 6.45) is 4.88. The van der Waals surface area contributed by atoms with Gasteiger partial charge in [-0.05, 0) is 18.2 Å². The Hall–Kier alpha value is -2.34. The van der Waals surface area contributed by atoms with Crippen LogP contribution >= 0.6 is 0 Å². The fourth-order valence-corrected chi connectivity index (χ4v) is 3.38. The van der Waals surface area contributed by atoms with Crippen molar-refractivity contribution in [3.8, 4) is 0 Å². The molecule has 140 valence electrons. The van der Waals surface area contributed by atoms with Gasteiger partial charge in [-0.25, -0.2) is 4.98 Å². The number of carbonyl (C=O) groups excluding carboxylic acids is 1. The Morgan fingerprint density at radius 3 is 2.62 bits per heavy atom. The highest BCUT2D eigenvalue weighted by Gasteiger charge is 2.22. The number of amides is 1. The lowest BCUT2D eigenvalue weighted by Gasteiger charge is -2.35. The van der Waals surface area contributed by atoms with Gasteiger partial charge in [0.05, 0.1) is 0 Å². The van der Waals surface area contributed by atoms with E-state index in [0.29, 0.717) is 0 Å². The van der Waals surface area contributed by atoms with Crippen LogP contribution in [0, 0.1) is 0 Å². The number of rotatable bonds is 6. The fraction of sp³-hybridized carbons (Fsp3) is 0.500. The molecule has 0 unspecified atom stereocenters. The Morgan fingerprint density at radius 1 is 1.15 bits per heavy atom. The van der Waals surface area contributed by atoms with Crippen molar-refractivity contribution in [2.75, 3.05) is 51.7 Å². The minimum absolute atomic E-state index is 0.135. The smallest absolute Gasteiger partial charge is 0.254 e. The van der Waals surface area contributed by atoms with E-state index in [0.717, 1.165) is 62.8 Å². The fourth-order valence-electron chi connectivity index (χ4n) is 3.38. The van der Waals surface area contributed by atoms with Gasteiger partial charge < -0.3 is 14.4 Å². The normalized spacial score (nSPS) is 15.3. The topological polar surface area (TPSA) is 44.6 Å². The van der Waals surface area contributed by atoms with Crippen LogP contribution in [-0.2, 0) is 13.0 Å². The molecule has 0 spiro atoms. The first-order valence-corrected chi connectivity index (χ1v) is 9.37. The van der Waals surface area contributed by atoms with Gasteiger partial charge >= 0.3 is 0 Å². The minimum atomic E-state index is 0.135. The molecule has 0 aliphatic carbocycles. The standard InChI is InChI=1S/C20H29N5O/c1-4-19-21-8-9-24(19)13-10-23-11-14-25(15-12-23)20(26)17-6-5-7-18(16-17)22(2)3/h5-9,16H,4,10-15H2,1-3H3. The molecule has 2 aromatic rings. The summed E-state index contributed by atoms with van der Waals surface area (Å²) in [7, 11) is 3.99. The molecular weight excluding hydrogens is 326 g/mol. The van der Waals surface area contributed by atoms with Crippen molar-refractivity contribution in [2.24, 2.45) is 0 Å². The van der Waals surface area contributed by atoms with Crippen LogP contribution in [0.5, 0.6) is 0 Å². The number of carbonyl (C=O) groups is 1. The minimum Gasteiger partial charge on any atom is -0.378 e. The molecule has 26 heavy (non-hydrogen) atoms. The lowest BCUT2D eigenvalue weighted by Crippen LogP contribution is -2.49. The molecule has 1 aromatic heterocycles. The summed E-state index contributed by atoms with van der Waals surface area (Å²) >= 11 is 0. The SMILES string of the molecule is CCc1nccn1CCN1CCN(C(=O)c2cccc(N(C)C)c2)CC1. The average Bonchev–Trinajstić information content (AvgIpc) is 3.14. The molecule has 6 heteroatoms. The number of imidazole rings is 1. The van der Waals surface area contributed by atoms with Gasteiger partial charge in [0.2, 0.25) is 0 Å². The van der Waals surface area contributed by atoms with Crippen LogP contribution in [0.25, 0.3) is 0 Å². The molecule has 0 saturated carbocycles. The molecule has 0 bridgehead atoms. The van der Waals surface area contributed by atoms with Gasteiger partial charge in [-0.1, -0.05) is 13.0 Å². The lowest BCUT2D eigenvalue weighted by molar-refractivity contribution is 0.0633. The van der Waals surface area contributed by atoms with E-state index in [1.54, 1.807) is 0 Å². The number of hydrogen-bond acceptors (Lipinski definition) is 4. The summed E-state index contributed by atoms with van der Waals surface area (Å²) in [5, 5.41) is 0. The molecule has 0 atom stereocenters. The molecule has 1 aliphatic heterocycles. The van der Waals surface area contributed by atoms with Crippen molar-refractivity contribution in [3.63, 3.8) is 0 Å². The predicted molar refractivity (Wildman–Crippen MR) is 105 cm³/mol. The van der Waals surface area contributed by atoms with Crippen molar-refractivity contribution in [2.45, 2.75) is 19.9 Å². The summed E-state index contributed by atoms with van der Waals surface area (Å²) in [5.41, 5.74) is 1.83. The quantitative estimate of drug-likeness (QED) is 0.795. The zero-order valence-electron chi connectivity index (χ0n) is 16.1. The molecular formula is C20H29N5O. The molecule has 1 fully saturated rings. The maximum Gasteiger partial charge on any atom is 0.254 e. The Bertz CT molecular complexity index is 731. The second-order valence-corrected chi connectivity index (χ2v) is 6.97. The molecule has 0 radical (unpaired) electrons. The van der Waals surface area contributed by atoms with Crippen LogP contribution in [0.2, 0.25) is 0 Å². The van der Waals surface area contributed by atoms with Gasteiger partial charge in [0, 0.05) is 83.4 Å². The summed E-state index contributed by atoms with van der Waals surface area (Å²) in [4.78, 5) is 23.6. The van der Waals surface area contributed by atoms with Gasteiger partial charge in [-0.3, -0.25) is 9.69 Å². The van der Waals surface area contributed by atoms with Gasteiger partial charge in [0.15, 0.2) is 0 Å². The van der Waals surface area contributed by atoms with E-state index in [9.17, 15) is 4.79 Å². The van der Waals surface area contributed by atoms with Crippen LogP contribution < -0.4 is 4.90 Å². The summed E-state index contributed by atoms with van der Waals surface area (Å²) in [6.45, 7) is 7.52. The molecule has 1 saturated heterocycles. The van der Waals surface area contributed by atoms with Gasteiger partial charge in [0.1, 0.15) is 5.82 Å². The van der Waals surface area contributed by atoms with Gasteiger partial charge in [0.25, 0.3) is 5.91 Å². The predicted octanol–water partition coefficient (Wildman–Crippen LogP) is 1.97. The summed E-state index contributed by atoms with van der Waals surface area (Å²) < 4.78 is 2.23. The average molecular weight is 355 g/mol. The van der Waals surface area contributed by atoms with Gasteiger partial charge in [-0.15, -0.1) is 0 Å². The highest BCUT2D eigenvalue weighted by Crippen LogP contribution is 2.16. The third-order valence-electron chi connectivity index (χ3n) is 5.04. The maximum absolute atomic E-state index is 12.8. The third-order valence-corrected chi connectivity index (χ3v) is 5.04. The molecule has 1 aliphatic rings. The first-order chi connectivity index (χ1) is 12.6. The Kier molecular flexibility index (Phi) is 5.93. The third kappa shape index (κ3) is 4.25. The van der Waals surface area contributed by atoms with Crippen LogP contribution in [0.3, 0.4) is 0 Å². The monoisotopic (exact) mass is 355 g/mol. The molecule has 2 heterocycles. The number of piperazine rings is 1. The largest absolute Gasteiger partial charge is 0.378 e. The zero-order valence-corrected chi connectivity index (χ0v) is 16.1. The first kappa shape index (κ1) is 18.5. The number of benzene rings is 1. The summed E-state index contributed by atoms with van der Waals surface area (Å²) in [5.74, 6) is 1.27. The molecule has 6 nitrogen and oxygen atoms in total. The van der Waals surface area contributed by atoms with E-state index in [2.05, 4.69) is 27.6 Å². The molecule has 3 rings (SSSR count). The Balaban J connectivity index is 1.51. The van der Waals surface area contributed by atoms with E-state index in [-0.39, 0.29) is 5.91 Å². The van der Waals surface area contributed by atoms with E-state index >= 15 is 0 Å². The van der Waals surface area contributed by atoms with E-state index < -0.39 is 0 Å². The van der Waals surface area contributed by atoms with E-state index in [4.69, 9.17) is 0 Å². The summed E-state index contributed by atoms with van der Waals surface area (Å²) in [6, 6.07) is 7.86. The number of anilines is 1. The molecule has 1 aromatic carbocycles. The molecule has 0 N–H and O–H groups in total. The zero-order chi connectivity index (χ0) is 18.5. The number of hydrogen-bond donors (Lipinski definition) is 0. The molecule has 1 amide bonds. The lowest BCUT2D eigenvalue weighted by atomic mass is 10.1. The highest BCUT2D eigenvalue weighted by atomic mass is 16.2. The van der Waals surface area contributed by atoms with E-state index in [1.165, 1.54) is 0 Å². The number of aryl methyl sites for hydroxylation is 1. The van der Waals surface area contributed by atoms with Gasteiger partial charge in [-0.2, -0.15) is 0 Å². The van der Waals surface area contributed by atoms with Crippen LogP contribution in [0.15, 0.2) is 36.7 Å². The van der Waals surface area contributed by atoms with Crippen LogP contribution in [-0.4, -0.2) is 72.1 Å². The Morgan fingerprint density at radius 2 is 1.92 bits per heavy atom. The van der Waals surface area contributed by atoms with Crippen molar-refractivity contribution >= 4 is 11.6 Å². The van der Waals surface area contributed by atoms with Crippen molar-refractivity contribution in [1.82, 2.24) is 19.4 Å². The second kappa shape index (κ2) is 8.36. The Labute approximate surface area is 156 Å². The van der Waals surface area contributed by atoms with Crippen molar-refractivity contribution in [1.29, 1.82) is 0 Å². The first-order valence-electron chi connectivity index (χ1n) is 9.37. The van der Waals surface area contributed by atoms with Crippen molar-refractivity contribution in [3.05, 3.63) is 48.0 Å². The van der Waals surface area contributed by atoms with Crippen LogP contribution in [0.4, 0.5) is 5.69 Å². The maximum atomic E-state index is 12.8.